The van der Waals surface area contributed by atoms with E-state index in [4.69, 9.17) is 4.74 Å². The van der Waals surface area contributed by atoms with Gasteiger partial charge in [0.15, 0.2) is 0 Å². The van der Waals surface area contributed by atoms with Crippen molar-refractivity contribution in [2.24, 2.45) is 5.92 Å². The molecule has 0 amide bonds. The lowest BCUT2D eigenvalue weighted by Crippen LogP contribution is -2.48. The third-order valence-corrected chi connectivity index (χ3v) is 8.21. The first-order valence-corrected chi connectivity index (χ1v) is 11.6. The fourth-order valence-corrected chi connectivity index (χ4v) is 6.82. The summed E-state index contributed by atoms with van der Waals surface area (Å²) in [6, 6.07) is 12.6. The van der Waals surface area contributed by atoms with Crippen LogP contribution in [0.3, 0.4) is 0 Å². The molecule has 1 saturated carbocycles. The van der Waals surface area contributed by atoms with E-state index in [2.05, 4.69) is 20.7 Å². The number of rotatable bonds is 5. The van der Waals surface area contributed by atoms with Gasteiger partial charge in [0.05, 0.1) is 3.79 Å². The minimum Gasteiger partial charge on any atom is -0.459 e. The number of carbonyl (C=O) groups is 1. The lowest BCUT2D eigenvalue weighted by atomic mass is 10.1. The van der Waals surface area contributed by atoms with Crippen LogP contribution < -0.4 is 4.72 Å². The van der Waals surface area contributed by atoms with E-state index < -0.39 is 27.1 Å². The number of nitrogens with one attached hydrogen (secondary N) is 1. The molecular weight excluding hydrogens is 450 g/mol. The maximum atomic E-state index is 13.1. The zero-order valence-corrected chi connectivity index (χ0v) is 18.7. The summed E-state index contributed by atoms with van der Waals surface area (Å²) in [7, 11) is -3.87. The summed E-state index contributed by atoms with van der Waals surface area (Å²) in [5, 5.41) is 0. The third kappa shape index (κ3) is 3.99. The number of carbonyl (C=O) groups excluding carboxylic acids is 1. The average Bonchev–Trinajstić information content (AvgIpc) is 2.89. The van der Waals surface area contributed by atoms with E-state index in [1.807, 2.05) is 37.3 Å². The number of benzene rings is 1. The molecule has 5 nitrogen and oxygen atoms in total. The Morgan fingerprint density at radius 2 is 1.81 bits per heavy atom. The topological polar surface area (TPSA) is 72.5 Å². The van der Waals surface area contributed by atoms with Gasteiger partial charge in [0.2, 0.25) is 0 Å². The summed E-state index contributed by atoms with van der Waals surface area (Å²) in [4.78, 5) is 13.1. The van der Waals surface area contributed by atoms with Crippen molar-refractivity contribution in [3.63, 3.8) is 0 Å². The number of esters is 1. The van der Waals surface area contributed by atoms with Crippen LogP contribution in [-0.2, 0) is 19.6 Å². The molecule has 0 bridgehead atoms. The first kappa shape index (κ1) is 20.5. The summed E-state index contributed by atoms with van der Waals surface area (Å²) < 4.78 is 35.1. The lowest BCUT2D eigenvalue weighted by Gasteiger charge is -2.25. The van der Waals surface area contributed by atoms with E-state index in [1.54, 1.807) is 26.8 Å². The molecule has 1 aromatic carbocycles. The largest absolute Gasteiger partial charge is 0.459 e. The van der Waals surface area contributed by atoms with Gasteiger partial charge in [0.1, 0.15) is 15.3 Å². The number of hydrogen-bond donors (Lipinski definition) is 1. The van der Waals surface area contributed by atoms with Gasteiger partial charge in [-0.3, -0.25) is 0 Å². The Morgan fingerprint density at radius 3 is 2.33 bits per heavy atom. The number of hydrogen-bond acceptors (Lipinski definition) is 5. The highest BCUT2D eigenvalue weighted by Gasteiger charge is 2.71. The molecule has 1 fully saturated rings. The Morgan fingerprint density at radius 1 is 1.19 bits per heavy atom. The highest BCUT2D eigenvalue weighted by Crippen LogP contribution is 2.59. The molecule has 3 rings (SSSR count). The van der Waals surface area contributed by atoms with E-state index >= 15 is 0 Å². The van der Waals surface area contributed by atoms with Gasteiger partial charge in [-0.25, -0.2) is 13.2 Å². The normalized spacial score (nSPS) is 25.2. The molecule has 2 aromatic rings. The van der Waals surface area contributed by atoms with Gasteiger partial charge in [0.25, 0.3) is 10.0 Å². The first-order chi connectivity index (χ1) is 12.5. The molecular formula is C19H22BrNO4S2. The average molecular weight is 472 g/mol. The molecule has 3 atom stereocenters. The Bertz CT molecular complexity index is 950. The monoisotopic (exact) mass is 471 g/mol. The third-order valence-electron chi connectivity index (χ3n) is 4.61. The van der Waals surface area contributed by atoms with Crippen molar-refractivity contribution in [2.45, 2.75) is 49.0 Å². The van der Waals surface area contributed by atoms with Gasteiger partial charge in [-0.1, -0.05) is 37.3 Å². The Balaban J connectivity index is 2.00. The maximum Gasteiger partial charge on any atom is 0.328 e. The zero-order valence-electron chi connectivity index (χ0n) is 15.5. The molecule has 27 heavy (non-hydrogen) atoms. The van der Waals surface area contributed by atoms with Crippen molar-refractivity contribution >= 4 is 43.3 Å². The number of thiophene rings is 1. The molecule has 0 saturated heterocycles. The van der Waals surface area contributed by atoms with E-state index in [1.165, 1.54) is 6.07 Å². The Hall–Kier alpha value is -1.22. The molecule has 8 heteroatoms. The van der Waals surface area contributed by atoms with Crippen molar-refractivity contribution < 1.29 is 17.9 Å². The van der Waals surface area contributed by atoms with E-state index in [9.17, 15) is 13.2 Å². The van der Waals surface area contributed by atoms with E-state index in [0.29, 0.717) is 3.79 Å². The molecule has 1 aromatic heterocycles. The van der Waals surface area contributed by atoms with Gasteiger partial charge < -0.3 is 4.74 Å². The molecule has 1 aliphatic rings. The summed E-state index contributed by atoms with van der Waals surface area (Å²) in [6.07, 6.45) is 0. The number of ether oxygens (including phenoxy) is 1. The molecule has 0 radical (unpaired) electrons. The minimum atomic E-state index is -3.87. The van der Waals surface area contributed by atoms with Crippen LogP contribution in [0.5, 0.6) is 0 Å². The van der Waals surface area contributed by atoms with Crippen LogP contribution in [0.2, 0.25) is 0 Å². The lowest BCUT2D eigenvalue weighted by molar-refractivity contribution is -0.158. The van der Waals surface area contributed by atoms with Crippen molar-refractivity contribution in [1.29, 1.82) is 0 Å². The standard InChI is InChI=1S/C19H22BrNO4S2/c1-12-16(13-8-6-5-7-9-13)19(12,17(22)25-18(2,3)4)21-27(23,24)15-11-10-14(20)26-15/h5-12,16,21H,1-4H3/t12-,16-,19+/m1/s1. The summed E-state index contributed by atoms with van der Waals surface area (Å²) in [5.74, 6) is -1.06. The van der Waals surface area contributed by atoms with Crippen LogP contribution >= 0.6 is 27.3 Å². The van der Waals surface area contributed by atoms with Crippen molar-refractivity contribution in [2.75, 3.05) is 0 Å². The SMILES string of the molecule is C[C@@H]1[C@H](c2ccccc2)[C@]1(NS(=O)(=O)c1ccc(Br)s1)C(=O)OC(C)(C)C. The maximum absolute atomic E-state index is 13.1. The molecule has 1 heterocycles. The summed E-state index contributed by atoms with van der Waals surface area (Å²) in [6.45, 7) is 7.19. The minimum absolute atomic E-state index is 0.156. The Labute approximate surface area is 172 Å². The van der Waals surface area contributed by atoms with Gasteiger partial charge >= 0.3 is 5.97 Å². The highest BCUT2D eigenvalue weighted by atomic mass is 79.9. The van der Waals surface area contributed by atoms with Gasteiger partial charge in [-0.05, 0) is 60.3 Å². The number of halogens is 1. The van der Waals surface area contributed by atoms with E-state index in [-0.39, 0.29) is 16.0 Å². The second-order valence-electron chi connectivity index (χ2n) is 7.71. The molecule has 0 aliphatic heterocycles. The fraction of sp³-hybridized carbons (Fsp3) is 0.421. The predicted octanol–water partition coefficient (Wildman–Crippen LogP) is 4.30. The van der Waals surface area contributed by atoms with Gasteiger partial charge in [0, 0.05) is 5.92 Å². The highest BCUT2D eigenvalue weighted by molar-refractivity contribution is 9.11. The zero-order chi connectivity index (χ0) is 20.0. The fourth-order valence-electron chi connectivity index (χ4n) is 3.36. The molecule has 1 aliphatic carbocycles. The Kier molecular flexibility index (Phi) is 5.31. The smallest absolute Gasteiger partial charge is 0.328 e. The van der Waals surface area contributed by atoms with Gasteiger partial charge in [-0.2, -0.15) is 4.72 Å². The van der Waals surface area contributed by atoms with Gasteiger partial charge in [-0.15, -0.1) is 11.3 Å². The van der Waals surface area contributed by atoms with Crippen molar-refractivity contribution in [3.05, 3.63) is 51.8 Å². The van der Waals surface area contributed by atoms with Crippen LogP contribution in [0.15, 0.2) is 50.5 Å². The summed E-state index contributed by atoms with van der Waals surface area (Å²) >= 11 is 4.38. The molecule has 0 spiro atoms. The molecule has 146 valence electrons. The van der Waals surface area contributed by atoms with E-state index in [0.717, 1.165) is 16.9 Å². The van der Waals surface area contributed by atoms with Crippen LogP contribution in [-0.4, -0.2) is 25.5 Å². The van der Waals surface area contributed by atoms with Crippen LogP contribution in [0.4, 0.5) is 0 Å². The number of sulfonamides is 1. The van der Waals surface area contributed by atoms with Crippen molar-refractivity contribution in [3.8, 4) is 0 Å². The predicted molar refractivity (Wildman–Crippen MR) is 109 cm³/mol. The molecule has 0 unspecified atom stereocenters. The van der Waals surface area contributed by atoms with Crippen LogP contribution in [0, 0.1) is 5.92 Å². The van der Waals surface area contributed by atoms with Crippen LogP contribution in [0.25, 0.3) is 0 Å². The van der Waals surface area contributed by atoms with Crippen molar-refractivity contribution in [1.82, 2.24) is 4.72 Å². The second-order valence-corrected chi connectivity index (χ2v) is 12.1. The summed E-state index contributed by atoms with van der Waals surface area (Å²) in [5.41, 5.74) is -1.12. The van der Waals surface area contributed by atoms with Crippen LogP contribution in [0.1, 0.15) is 39.2 Å². The second kappa shape index (κ2) is 6.99. The molecule has 1 N–H and O–H groups in total. The quantitative estimate of drug-likeness (QED) is 0.659. The first-order valence-electron chi connectivity index (χ1n) is 8.55.